The van der Waals surface area contributed by atoms with E-state index in [9.17, 15) is 9.59 Å². The van der Waals surface area contributed by atoms with Gasteiger partial charge in [0, 0.05) is 13.1 Å². The molecule has 5 heteroatoms. The summed E-state index contributed by atoms with van der Waals surface area (Å²) in [6.45, 7) is 6.95. The fourth-order valence-electron chi connectivity index (χ4n) is 1.49. The first-order valence-corrected chi connectivity index (χ1v) is 4.99. The SMILES string of the molecule is C=CC(=O)N1CCOCC1C(=O)NCC. The summed E-state index contributed by atoms with van der Waals surface area (Å²) in [5.74, 6) is -0.401. The molecule has 1 heterocycles. The summed E-state index contributed by atoms with van der Waals surface area (Å²) in [5.41, 5.74) is 0. The Kier molecular flexibility index (Phi) is 4.30. The van der Waals surface area contributed by atoms with E-state index in [4.69, 9.17) is 4.74 Å². The maximum absolute atomic E-state index is 11.6. The summed E-state index contributed by atoms with van der Waals surface area (Å²) in [7, 11) is 0. The molecule has 0 aromatic heterocycles. The normalized spacial score (nSPS) is 20.9. The summed E-state index contributed by atoms with van der Waals surface area (Å²) in [4.78, 5) is 24.6. The second kappa shape index (κ2) is 5.50. The Bertz CT molecular complexity index is 265. The van der Waals surface area contributed by atoms with Gasteiger partial charge in [-0.05, 0) is 13.0 Å². The fraction of sp³-hybridized carbons (Fsp3) is 0.600. The van der Waals surface area contributed by atoms with Crippen molar-refractivity contribution < 1.29 is 14.3 Å². The van der Waals surface area contributed by atoms with Crippen LogP contribution in [0.4, 0.5) is 0 Å². The number of nitrogens with one attached hydrogen (secondary N) is 1. The van der Waals surface area contributed by atoms with E-state index in [2.05, 4.69) is 11.9 Å². The van der Waals surface area contributed by atoms with Gasteiger partial charge in [0.2, 0.25) is 11.8 Å². The number of rotatable bonds is 3. The first kappa shape index (κ1) is 11.7. The van der Waals surface area contributed by atoms with Crippen molar-refractivity contribution >= 4 is 11.8 Å². The van der Waals surface area contributed by atoms with Crippen LogP contribution in [0.1, 0.15) is 6.92 Å². The monoisotopic (exact) mass is 212 g/mol. The molecule has 1 aliphatic rings. The third kappa shape index (κ3) is 2.79. The van der Waals surface area contributed by atoms with Crippen LogP contribution in [0.15, 0.2) is 12.7 Å². The topological polar surface area (TPSA) is 58.6 Å². The zero-order chi connectivity index (χ0) is 11.3. The van der Waals surface area contributed by atoms with Crippen LogP contribution >= 0.6 is 0 Å². The van der Waals surface area contributed by atoms with Crippen LogP contribution in [0, 0.1) is 0 Å². The predicted molar refractivity (Wildman–Crippen MR) is 55.2 cm³/mol. The van der Waals surface area contributed by atoms with Crippen molar-refractivity contribution in [2.24, 2.45) is 0 Å². The molecule has 1 unspecified atom stereocenters. The van der Waals surface area contributed by atoms with E-state index < -0.39 is 6.04 Å². The van der Waals surface area contributed by atoms with E-state index in [1.807, 2.05) is 6.92 Å². The number of ether oxygens (including phenoxy) is 1. The minimum Gasteiger partial charge on any atom is -0.377 e. The number of hydrogen-bond acceptors (Lipinski definition) is 3. The molecule has 1 N–H and O–H groups in total. The first-order chi connectivity index (χ1) is 7.20. The molecule has 1 saturated heterocycles. The van der Waals surface area contributed by atoms with Gasteiger partial charge >= 0.3 is 0 Å². The molecule has 1 rings (SSSR count). The molecule has 0 bridgehead atoms. The number of amides is 2. The summed E-state index contributed by atoms with van der Waals surface area (Å²) in [6.07, 6.45) is 1.22. The Hall–Kier alpha value is -1.36. The summed E-state index contributed by atoms with van der Waals surface area (Å²) in [5, 5.41) is 2.68. The van der Waals surface area contributed by atoms with Crippen molar-refractivity contribution in [2.75, 3.05) is 26.3 Å². The van der Waals surface area contributed by atoms with E-state index in [1.165, 1.54) is 11.0 Å². The molecule has 0 spiro atoms. The van der Waals surface area contributed by atoms with Gasteiger partial charge in [-0.2, -0.15) is 0 Å². The molecular weight excluding hydrogens is 196 g/mol. The van der Waals surface area contributed by atoms with E-state index in [1.54, 1.807) is 0 Å². The lowest BCUT2D eigenvalue weighted by molar-refractivity contribution is -0.145. The first-order valence-electron chi connectivity index (χ1n) is 4.99. The highest BCUT2D eigenvalue weighted by atomic mass is 16.5. The lowest BCUT2D eigenvalue weighted by Crippen LogP contribution is -2.55. The lowest BCUT2D eigenvalue weighted by atomic mass is 10.2. The van der Waals surface area contributed by atoms with Crippen molar-refractivity contribution in [2.45, 2.75) is 13.0 Å². The Morgan fingerprint density at radius 3 is 3.00 bits per heavy atom. The second-order valence-electron chi connectivity index (χ2n) is 3.22. The van der Waals surface area contributed by atoms with Crippen LogP contribution in [-0.2, 0) is 14.3 Å². The molecule has 0 aliphatic carbocycles. The van der Waals surface area contributed by atoms with Crippen LogP contribution in [-0.4, -0.2) is 49.1 Å². The van der Waals surface area contributed by atoms with Gasteiger partial charge in [-0.25, -0.2) is 0 Å². The number of carbonyl (C=O) groups is 2. The van der Waals surface area contributed by atoms with E-state index >= 15 is 0 Å². The summed E-state index contributed by atoms with van der Waals surface area (Å²) >= 11 is 0. The molecule has 0 aromatic rings. The molecule has 0 saturated carbocycles. The molecule has 1 fully saturated rings. The van der Waals surface area contributed by atoms with Crippen molar-refractivity contribution in [1.82, 2.24) is 10.2 Å². The summed E-state index contributed by atoms with van der Waals surface area (Å²) in [6, 6.07) is -0.524. The molecule has 1 aliphatic heterocycles. The quantitative estimate of drug-likeness (QED) is 0.644. The molecule has 15 heavy (non-hydrogen) atoms. The number of likely N-dealkylation sites (N-methyl/N-ethyl adjacent to an activating group) is 1. The third-order valence-corrected chi connectivity index (χ3v) is 2.24. The van der Waals surface area contributed by atoms with Gasteiger partial charge in [0.25, 0.3) is 0 Å². The second-order valence-corrected chi connectivity index (χ2v) is 3.22. The van der Waals surface area contributed by atoms with E-state index in [0.717, 1.165) is 0 Å². The van der Waals surface area contributed by atoms with Crippen molar-refractivity contribution in [3.05, 3.63) is 12.7 Å². The van der Waals surface area contributed by atoms with Crippen LogP contribution in [0.5, 0.6) is 0 Å². The zero-order valence-electron chi connectivity index (χ0n) is 8.86. The zero-order valence-corrected chi connectivity index (χ0v) is 8.86. The molecule has 0 aromatic carbocycles. The fourth-order valence-corrected chi connectivity index (χ4v) is 1.49. The van der Waals surface area contributed by atoms with Gasteiger partial charge in [0.05, 0.1) is 13.2 Å². The molecule has 84 valence electrons. The Balaban J connectivity index is 2.69. The van der Waals surface area contributed by atoms with Gasteiger partial charge in [0.15, 0.2) is 0 Å². The Labute approximate surface area is 89.1 Å². The van der Waals surface area contributed by atoms with Gasteiger partial charge in [-0.3, -0.25) is 9.59 Å². The maximum atomic E-state index is 11.6. The molecular formula is C10H16N2O3. The summed E-state index contributed by atoms with van der Waals surface area (Å²) < 4.78 is 5.19. The van der Waals surface area contributed by atoms with E-state index in [0.29, 0.717) is 19.7 Å². The number of carbonyl (C=O) groups excluding carboxylic acids is 2. The lowest BCUT2D eigenvalue weighted by Gasteiger charge is -2.33. The minimum atomic E-state index is -0.524. The number of morpholine rings is 1. The largest absolute Gasteiger partial charge is 0.377 e. The smallest absolute Gasteiger partial charge is 0.246 e. The third-order valence-electron chi connectivity index (χ3n) is 2.24. The van der Waals surface area contributed by atoms with Crippen molar-refractivity contribution in [3.63, 3.8) is 0 Å². The Morgan fingerprint density at radius 1 is 1.67 bits per heavy atom. The maximum Gasteiger partial charge on any atom is 0.246 e. The minimum absolute atomic E-state index is 0.174. The van der Waals surface area contributed by atoms with Crippen molar-refractivity contribution in [1.29, 1.82) is 0 Å². The highest BCUT2D eigenvalue weighted by Crippen LogP contribution is 2.07. The highest BCUT2D eigenvalue weighted by molar-refractivity contribution is 5.92. The highest BCUT2D eigenvalue weighted by Gasteiger charge is 2.31. The number of nitrogens with zero attached hydrogens (tertiary/aromatic N) is 1. The molecule has 2 amide bonds. The molecule has 1 atom stereocenters. The van der Waals surface area contributed by atoms with Gasteiger partial charge in [-0.1, -0.05) is 6.58 Å². The van der Waals surface area contributed by atoms with Crippen LogP contribution in [0.2, 0.25) is 0 Å². The average molecular weight is 212 g/mol. The molecule has 5 nitrogen and oxygen atoms in total. The van der Waals surface area contributed by atoms with Gasteiger partial charge in [0.1, 0.15) is 6.04 Å². The van der Waals surface area contributed by atoms with Gasteiger partial charge in [-0.15, -0.1) is 0 Å². The van der Waals surface area contributed by atoms with Gasteiger partial charge < -0.3 is 15.0 Å². The van der Waals surface area contributed by atoms with Crippen LogP contribution in [0.3, 0.4) is 0 Å². The predicted octanol–water partition coefficient (Wildman–Crippen LogP) is -0.464. The number of hydrogen-bond donors (Lipinski definition) is 1. The van der Waals surface area contributed by atoms with Crippen LogP contribution < -0.4 is 5.32 Å². The van der Waals surface area contributed by atoms with E-state index in [-0.39, 0.29) is 18.4 Å². The van der Waals surface area contributed by atoms with Crippen molar-refractivity contribution in [3.8, 4) is 0 Å². The molecule has 0 radical (unpaired) electrons. The average Bonchev–Trinajstić information content (AvgIpc) is 2.28. The standard InChI is InChI=1S/C10H16N2O3/c1-3-9(13)12-5-6-15-7-8(12)10(14)11-4-2/h3,8H,1,4-7H2,2H3,(H,11,14). The Morgan fingerprint density at radius 2 is 2.40 bits per heavy atom. The van der Waals surface area contributed by atoms with Crippen LogP contribution in [0.25, 0.3) is 0 Å².